The van der Waals surface area contributed by atoms with Gasteiger partial charge in [0.2, 0.25) is 0 Å². The highest BCUT2D eigenvalue weighted by atomic mass is 79.9. The molecule has 0 bridgehead atoms. The van der Waals surface area contributed by atoms with Crippen molar-refractivity contribution in [1.29, 1.82) is 0 Å². The maximum absolute atomic E-state index is 9.94. The molecular formula is C5H9BrN2O2. The third kappa shape index (κ3) is 3.45. The highest BCUT2D eigenvalue weighted by molar-refractivity contribution is 9.09. The molecule has 0 spiro atoms. The van der Waals surface area contributed by atoms with Crippen molar-refractivity contribution >= 4 is 15.9 Å². The Morgan fingerprint density at radius 2 is 2.40 bits per heavy atom. The van der Waals surface area contributed by atoms with Gasteiger partial charge in [0.15, 0.2) is 0 Å². The smallest absolute Gasteiger partial charge is 0.254 e. The number of halogens is 1. The Morgan fingerprint density at radius 1 is 1.90 bits per heavy atom. The van der Waals surface area contributed by atoms with Crippen LogP contribution in [-0.2, 0) is 0 Å². The number of nitrogens with zero attached hydrogens (tertiary/aromatic N) is 1. The molecule has 0 aliphatic rings. The van der Waals surface area contributed by atoms with Gasteiger partial charge in [0.25, 0.3) is 6.20 Å². The summed E-state index contributed by atoms with van der Waals surface area (Å²) < 4.78 is 0. The van der Waals surface area contributed by atoms with Crippen LogP contribution in [0.15, 0.2) is 11.9 Å². The molecule has 0 aliphatic heterocycles. The van der Waals surface area contributed by atoms with E-state index >= 15 is 0 Å². The SMILES string of the molecule is CN/C(=C\[N+](=O)[O-])C(C)Br. The van der Waals surface area contributed by atoms with Gasteiger partial charge in [-0.2, -0.15) is 0 Å². The Morgan fingerprint density at radius 3 is 2.50 bits per heavy atom. The molecule has 1 atom stereocenters. The molecule has 10 heavy (non-hydrogen) atoms. The first kappa shape index (κ1) is 9.42. The molecule has 0 aromatic carbocycles. The molecule has 1 N–H and O–H groups in total. The van der Waals surface area contributed by atoms with Crippen LogP contribution in [0.4, 0.5) is 0 Å². The molecule has 0 aromatic rings. The molecule has 58 valence electrons. The van der Waals surface area contributed by atoms with E-state index in [2.05, 4.69) is 21.2 Å². The van der Waals surface area contributed by atoms with Gasteiger partial charge in [-0.25, -0.2) is 0 Å². The van der Waals surface area contributed by atoms with E-state index < -0.39 is 4.92 Å². The van der Waals surface area contributed by atoms with E-state index in [0.29, 0.717) is 5.70 Å². The highest BCUT2D eigenvalue weighted by Gasteiger charge is 2.05. The summed E-state index contributed by atoms with van der Waals surface area (Å²) in [4.78, 5) is 9.45. The summed E-state index contributed by atoms with van der Waals surface area (Å²) in [5.41, 5.74) is 0.560. The van der Waals surface area contributed by atoms with Crippen molar-refractivity contribution in [1.82, 2.24) is 5.32 Å². The van der Waals surface area contributed by atoms with Crippen LogP contribution in [0.5, 0.6) is 0 Å². The van der Waals surface area contributed by atoms with Crippen molar-refractivity contribution < 1.29 is 4.92 Å². The fourth-order valence-corrected chi connectivity index (χ4v) is 0.827. The standard InChI is InChI=1S/C5H9BrN2O2/c1-4(6)5(7-2)3-8(9)10/h3-4,7H,1-2H3/b5-3-. The molecule has 0 aromatic heterocycles. The van der Waals surface area contributed by atoms with Crippen LogP contribution >= 0.6 is 15.9 Å². The van der Waals surface area contributed by atoms with Crippen molar-refractivity contribution in [2.75, 3.05) is 7.05 Å². The van der Waals surface area contributed by atoms with E-state index in [1.54, 1.807) is 7.05 Å². The van der Waals surface area contributed by atoms with Gasteiger partial charge in [-0.05, 0) is 6.92 Å². The minimum atomic E-state index is -0.483. The van der Waals surface area contributed by atoms with Gasteiger partial charge in [-0.15, -0.1) is 0 Å². The zero-order valence-electron chi connectivity index (χ0n) is 5.80. The molecular weight excluding hydrogens is 200 g/mol. The lowest BCUT2D eigenvalue weighted by atomic mass is 10.4. The van der Waals surface area contributed by atoms with Crippen molar-refractivity contribution in [2.24, 2.45) is 0 Å². The van der Waals surface area contributed by atoms with Crippen LogP contribution in [0.2, 0.25) is 0 Å². The van der Waals surface area contributed by atoms with Gasteiger partial charge in [0.1, 0.15) is 0 Å². The van der Waals surface area contributed by atoms with Crippen LogP contribution in [0.25, 0.3) is 0 Å². The number of nitro groups is 1. The van der Waals surface area contributed by atoms with Crippen molar-refractivity contribution in [2.45, 2.75) is 11.8 Å². The van der Waals surface area contributed by atoms with E-state index in [1.165, 1.54) is 0 Å². The fraction of sp³-hybridized carbons (Fsp3) is 0.600. The number of nitrogens with one attached hydrogen (secondary N) is 1. The summed E-state index contributed by atoms with van der Waals surface area (Å²) >= 11 is 3.19. The first-order chi connectivity index (χ1) is 4.57. The molecule has 0 amide bonds. The molecule has 0 heterocycles. The number of rotatable bonds is 3. The fourth-order valence-electron chi connectivity index (χ4n) is 0.480. The van der Waals surface area contributed by atoms with Crippen LogP contribution in [-0.4, -0.2) is 16.8 Å². The van der Waals surface area contributed by atoms with Crippen LogP contribution in [0.3, 0.4) is 0 Å². The second kappa shape index (κ2) is 4.27. The summed E-state index contributed by atoms with van der Waals surface area (Å²) in [6.45, 7) is 1.81. The zero-order valence-corrected chi connectivity index (χ0v) is 7.38. The Kier molecular flexibility index (Phi) is 4.02. The molecule has 0 saturated carbocycles. The number of hydrogen-bond acceptors (Lipinski definition) is 3. The van der Waals surface area contributed by atoms with Crippen molar-refractivity contribution in [3.8, 4) is 0 Å². The largest absolute Gasteiger partial charge is 0.386 e. The maximum Gasteiger partial charge on any atom is 0.254 e. The second-order valence-corrected chi connectivity index (χ2v) is 3.11. The lowest BCUT2D eigenvalue weighted by Crippen LogP contribution is -2.14. The van der Waals surface area contributed by atoms with E-state index in [9.17, 15) is 10.1 Å². The van der Waals surface area contributed by atoms with Gasteiger partial charge in [-0.3, -0.25) is 10.1 Å². The first-order valence-electron chi connectivity index (χ1n) is 2.75. The van der Waals surface area contributed by atoms with Gasteiger partial charge in [-0.1, -0.05) is 15.9 Å². The summed E-state index contributed by atoms with van der Waals surface area (Å²) in [5.74, 6) is 0. The third-order valence-electron chi connectivity index (χ3n) is 0.962. The van der Waals surface area contributed by atoms with Gasteiger partial charge < -0.3 is 5.32 Å². The Hall–Kier alpha value is -0.580. The van der Waals surface area contributed by atoms with E-state index in [0.717, 1.165) is 6.20 Å². The van der Waals surface area contributed by atoms with Gasteiger partial charge in [0, 0.05) is 7.05 Å². The topological polar surface area (TPSA) is 55.2 Å². The highest BCUT2D eigenvalue weighted by Crippen LogP contribution is 2.06. The van der Waals surface area contributed by atoms with Crippen molar-refractivity contribution in [3.63, 3.8) is 0 Å². The summed E-state index contributed by atoms with van der Waals surface area (Å²) in [5, 5.41) is 12.6. The van der Waals surface area contributed by atoms with Crippen LogP contribution in [0.1, 0.15) is 6.92 Å². The number of allylic oxidation sites excluding steroid dienone is 1. The number of alkyl halides is 1. The monoisotopic (exact) mass is 208 g/mol. The lowest BCUT2D eigenvalue weighted by Gasteiger charge is -2.03. The van der Waals surface area contributed by atoms with Crippen LogP contribution in [0, 0.1) is 10.1 Å². The summed E-state index contributed by atoms with van der Waals surface area (Å²) in [7, 11) is 1.65. The predicted molar refractivity (Wildman–Crippen MR) is 42.5 cm³/mol. The average Bonchev–Trinajstić information content (AvgIpc) is 1.81. The molecule has 0 rings (SSSR count). The van der Waals surface area contributed by atoms with E-state index in [-0.39, 0.29) is 4.83 Å². The Labute approximate surface area is 67.6 Å². The third-order valence-corrected chi connectivity index (χ3v) is 1.45. The zero-order chi connectivity index (χ0) is 8.15. The van der Waals surface area contributed by atoms with Crippen molar-refractivity contribution in [3.05, 3.63) is 22.0 Å². The summed E-state index contributed by atoms with van der Waals surface area (Å²) in [6, 6.07) is 0. The molecule has 0 radical (unpaired) electrons. The Bertz CT molecular complexity index is 156. The van der Waals surface area contributed by atoms with E-state index in [4.69, 9.17) is 0 Å². The second-order valence-electron chi connectivity index (χ2n) is 1.74. The first-order valence-corrected chi connectivity index (χ1v) is 3.66. The molecule has 0 aliphatic carbocycles. The molecule has 5 heteroatoms. The quantitative estimate of drug-likeness (QED) is 0.430. The lowest BCUT2D eigenvalue weighted by molar-refractivity contribution is -0.403. The van der Waals surface area contributed by atoms with Gasteiger partial charge >= 0.3 is 0 Å². The number of hydrogen-bond donors (Lipinski definition) is 1. The molecule has 1 unspecified atom stereocenters. The minimum Gasteiger partial charge on any atom is -0.386 e. The average molecular weight is 209 g/mol. The Balaban J connectivity index is 4.18. The van der Waals surface area contributed by atoms with Gasteiger partial charge in [0.05, 0.1) is 15.4 Å². The molecule has 0 saturated heterocycles. The normalized spacial score (nSPS) is 14.5. The predicted octanol–water partition coefficient (Wildman–Crippen LogP) is 1.11. The molecule has 4 nitrogen and oxygen atoms in total. The molecule has 0 fully saturated rings. The van der Waals surface area contributed by atoms with E-state index in [1.807, 2.05) is 6.92 Å². The summed E-state index contributed by atoms with van der Waals surface area (Å²) in [6.07, 6.45) is 0.944. The minimum absolute atomic E-state index is 0.0112. The van der Waals surface area contributed by atoms with Crippen LogP contribution < -0.4 is 5.32 Å². The maximum atomic E-state index is 9.94.